The number of halogens is 1. The Morgan fingerprint density at radius 2 is 1.62 bits per heavy atom. The van der Waals surface area contributed by atoms with Gasteiger partial charge in [-0.3, -0.25) is 19.5 Å². The highest BCUT2D eigenvalue weighted by molar-refractivity contribution is 6.52. The zero-order valence-electron chi connectivity index (χ0n) is 18.6. The maximum absolute atomic E-state index is 13.3. The number of benzene rings is 2. The van der Waals surface area contributed by atoms with Crippen molar-refractivity contribution in [3.63, 3.8) is 0 Å². The van der Waals surface area contributed by atoms with E-state index in [0.717, 1.165) is 0 Å². The van der Waals surface area contributed by atoms with Gasteiger partial charge in [0.1, 0.15) is 29.0 Å². The average Bonchev–Trinajstić information content (AvgIpc) is 3.13. The van der Waals surface area contributed by atoms with Crippen LogP contribution < -0.4 is 19.1 Å². The molecule has 1 unspecified atom stereocenters. The molecule has 0 saturated carbocycles. The lowest BCUT2D eigenvalue weighted by atomic mass is 9.97. The van der Waals surface area contributed by atoms with Crippen LogP contribution in [0.1, 0.15) is 17.3 Å². The Bertz CT molecular complexity index is 1290. The lowest BCUT2D eigenvalue weighted by Crippen LogP contribution is -2.30. The summed E-state index contributed by atoms with van der Waals surface area (Å²) >= 11 is 6.20. The first kappa shape index (κ1) is 23.1. The van der Waals surface area contributed by atoms with Crippen LogP contribution in [0.4, 0.5) is 5.69 Å². The summed E-state index contributed by atoms with van der Waals surface area (Å²) in [6.45, 7) is 0. The van der Waals surface area contributed by atoms with Crippen molar-refractivity contribution in [2.45, 2.75) is 6.04 Å². The van der Waals surface area contributed by atoms with E-state index in [2.05, 4.69) is 4.98 Å². The molecule has 0 aliphatic carbocycles. The lowest BCUT2D eigenvalue weighted by Gasteiger charge is -2.26. The van der Waals surface area contributed by atoms with Gasteiger partial charge >= 0.3 is 0 Å². The fraction of sp³-hybridized carbons (Fsp3) is 0.160. The summed E-state index contributed by atoms with van der Waals surface area (Å²) in [6.07, 6.45) is 1.55. The second kappa shape index (κ2) is 9.44. The second-order valence-corrected chi connectivity index (χ2v) is 7.69. The first-order chi connectivity index (χ1) is 16.4. The Morgan fingerprint density at radius 1 is 0.941 bits per heavy atom. The van der Waals surface area contributed by atoms with Gasteiger partial charge in [-0.2, -0.15) is 0 Å². The van der Waals surface area contributed by atoms with E-state index in [1.807, 2.05) is 0 Å². The number of aromatic nitrogens is 1. The number of ketones is 1. The number of carbonyl (C=O) groups excluding carboxylic acids is 2. The Morgan fingerprint density at radius 3 is 2.26 bits per heavy atom. The predicted molar refractivity (Wildman–Crippen MR) is 127 cm³/mol. The van der Waals surface area contributed by atoms with Crippen molar-refractivity contribution in [3.8, 4) is 17.2 Å². The van der Waals surface area contributed by atoms with E-state index < -0.39 is 23.5 Å². The number of methoxy groups -OCH3 is 3. The van der Waals surface area contributed by atoms with Crippen molar-refractivity contribution in [1.82, 2.24) is 4.98 Å². The van der Waals surface area contributed by atoms with Gasteiger partial charge in [0.05, 0.1) is 48.9 Å². The van der Waals surface area contributed by atoms with Crippen molar-refractivity contribution in [2.75, 3.05) is 26.2 Å². The quantitative estimate of drug-likeness (QED) is 0.317. The fourth-order valence-electron chi connectivity index (χ4n) is 3.92. The Kier molecular flexibility index (Phi) is 6.43. The Labute approximate surface area is 201 Å². The third-order valence-corrected chi connectivity index (χ3v) is 5.78. The summed E-state index contributed by atoms with van der Waals surface area (Å²) < 4.78 is 16.1. The van der Waals surface area contributed by atoms with Crippen molar-refractivity contribution < 1.29 is 28.9 Å². The van der Waals surface area contributed by atoms with Gasteiger partial charge in [-0.1, -0.05) is 29.8 Å². The molecule has 1 aromatic heterocycles. The molecule has 174 valence electrons. The molecule has 1 atom stereocenters. The molecule has 2 aromatic carbocycles. The first-order valence-electron chi connectivity index (χ1n) is 10.2. The van der Waals surface area contributed by atoms with Crippen molar-refractivity contribution in [1.29, 1.82) is 0 Å². The number of para-hydroxylation sites is 2. The highest BCUT2D eigenvalue weighted by Crippen LogP contribution is 2.46. The van der Waals surface area contributed by atoms with Crippen LogP contribution in [-0.4, -0.2) is 43.1 Å². The number of amides is 1. The van der Waals surface area contributed by atoms with E-state index >= 15 is 0 Å². The SMILES string of the molecule is COc1cc(/C(O)=C2\C(=O)C(=O)N(c3ccccc3OC)C2c2ccccn2)c(OC)cc1Cl. The van der Waals surface area contributed by atoms with Gasteiger partial charge < -0.3 is 19.3 Å². The summed E-state index contributed by atoms with van der Waals surface area (Å²) in [7, 11) is 4.29. The zero-order valence-corrected chi connectivity index (χ0v) is 19.4. The molecule has 1 fully saturated rings. The molecule has 8 nitrogen and oxygen atoms in total. The molecule has 9 heteroatoms. The maximum atomic E-state index is 13.3. The van der Waals surface area contributed by atoms with Gasteiger partial charge in [-0.25, -0.2) is 0 Å². The van der Waals surface area contributed by atoms with Gasteiger partial charge in [-0.15, -0.1) is 0 Å². The van der Waals surface area contributed by atoms with Crippen LogP contribution >= 0.6 is 11.6 Å². The second-order valence-electron chi connectivity index (χ2n) is 7.28. The minimum absolute atomic E-state index is 0.141. The first-order valence-corrected chi connectivity index (χ1v) is 10.6. The normalized spacial score (nSPS) is 17.1. The number of Topliss-reactive ketones (excluding diaryl/α,β-unsaturated/α-hetero) is 1. The number of rotatable bonds is 6. The summed E-state index contributed by atoms with van der Waals surface area (Å²) in [4.78, 5) is 32.3. The van der Waals surface area contributed by atoms with E-state index in [1.165, 1.54) is 38.4 Å². The minimum Gasteiger partial charge on any atom is -0.507 e. The monoisotopic (exact) mass is 480 g/mol. The number of pyridine rings is 1. The molecule has 0 radical (unpaired) electrons. The van der Waals surface area contributed by atoms with E-state index in [0.29, 0.717) is 17.1 Å². The number of nitrogens with zero attached hydrogens (tertiary/aromatic N) is 2. The number of carbonyl (C=O) groups is 2. The highest BCUT2D eigenvalue weighted by atomic mass is 35.5. The number of ether oxygens (including phenoxy) is 3. The third-order valence-electron chi connectivity index (χ3n) is 5.49. The molecule has 2 heterocycles. The van der Waals surface area contributed by atoms with Crippen LogP contribution in [-0.2, 0) is 9.59 Å². The molecular weight excluding hydrogens is 460 g/mol. The van der Waals surface area contributed by atoms with Gasteiger partial charge in [0.15, 0.2) is 0 Å². The number of hydrogen-bond donors (Lipinski definition) is 1. The molecule has 1 amide bonds. The van der Waals surface area contributed by atoms with Gasteiger partial charge in [0, 0.05) is 12.3 Å². The molecule has 1 aliphatic rings. The van der Waals surface area contributed by atoms with Crippen molar-refractivity contribution in [2.24, 2.45) is 0 Å². The molecule has 1 N–H and O–H groups in total. The van der Waals surface area contributed by atoms with E-state index in [4.69, 9.17) is 25.8 Å². The summed E-state index contributed by atoms with van der Waals surface area (Å²) in [5, 5.41) is 11.7. The molecule has 0 bridgehead atoms. The number of aliphatic hydroxyl groups is 1. The predicted octanol–water partition coefficient (Wildman–Crippen LogP) is 4.39. The summed E-state index contributed by atoms with van der Waals surface area (Å²) in [6, 6.07) is 13.8. The number of hydrogen-bond acceptors (Lipinski definition) is 7. The number of aliphatic hydroxyl groups excluding tert-OH is 1. The summed E-state index contributed by atoms with van der Waals surface area (Å²) in [5.74, 6) is -1.31. The summed E-state index contributed by atoms with van der Waals surface area (Å²) in [5.41, 5.74) is 0.733. The molecule has 34 heavy (non-hydrogen) atoms. The number of anilines is 1. The van der Waals surface area contributed by atoms with Crippen LogP contribution in [0.2, 0.25) is 5.02 Å². The van der Waals surface area contributed by atoms with Gasteiger partial charge in [0.25, 0.3) is 11.7 Å². The van der Waals surface area contributed by atoms with Crippen molar-refractivity contribution >= 4 is 34.7 Å². The largest absolute Gasteiger partial charge is 0.507 e. The van der Waals surface area contributed by atoms with Crippen molar-refractivity contribution in [3.05, 3.63) is 82.6 Å². The Balaban J connectivity index is 2.01. The molecule has 3 aromatic rings. The topological polar surface area (TPSA) is 98.2 Å². The van der Waals surface area contributed by atoms with E-state index in [1.54, 1.807) is 48.7 Å². The smallest absolute Gasteiger partial charge is 0.300 e. The van der Waals surface area contributed by atoms with Gasteiger partial charge in [-0.05, 0) is 30.3 Å². The minimum atomic E-state index is -1.02. The van der Waals surface area contributed by atoms with Crippen LogP contribution in [0.3, 0.4) is 0 Å². The average molecular weight is 481 g/mol. The third kappa shape index (κ3) is 3.82. The van der Waals surface area contributed by atoms with E-state index in [9.17, 15) is 14.7 Å². The molecule has 0 spiro atoms. The maximum Gasteiger partial charge on any atom is 0.300 e. The molecule has 4 rings (SSSR count). The van der Waals surface area contributed by atoms with E-state index in [-0.39, 0.29) is 27.7 Å². The van der Waals surface area contributed by atoms with Crippen LogP contribution in [0.15, 0.2) is 66.4 Å². The van der Waals surface area contributed by atoms with Crippen LogP contribution in [0, 0.1) is 0 Å². The lowest BCUT2D eigenvalue weighted by molar-refractivity contribution is -0.132. The van der Waals surface area contributed by atoms with Crippen LogP contribution in [0.25, 0.3) is 5.76 Å². The standard InChI is InChI=1S/C25H21ClN2O6/c1-32-18-10-5-4-9-17(18)28-22(16-8-6-7-11-27-16)21(24(30)25(28)31)23(29)14-12-20(34-3)15(26)13-19(14)33-2/h4-13,22,29H,1-3H3/b23-21+. The molecular formula is C25H21ClN2O6. The van der Waals surface area contributed by atoms with Gasteiger partial charge in [0.2, 0.25) is 0 Å². The zero-order chi connectivity index (χ0) is 24.4. The molecule has 1 aliphatic heterocycles. The van der Waals surface area contributed by atoms with Crippen LogP contribution in [0.5, 0.6) is 17.2 Å². The highest BCUT2D eigenvalue weighted by Gasteiger charge is 2.48. The Hall–Kier alpha value is -4.04. The fourth-order valence-corrected chi connectivity index (χ4v) is 4.15. The molecule has 1 saturated heterocycles.